The molecule has 4 nitrogen and oxygen atoms in total. The fraction of sp³-hybridized carbons (Fsp3) is 0.455. The van der Waals surface area contributed by atoms with Gasteiger partial charge in [-0.25, -0.2) is 8.78 Å². The van der Waals surface area contributed by atoms with Gasteiger partial charge in [0.2, 0.25) is 0 Å². The summed E-state index contributed by atoms with van der Waals surface area (Å²) >= 11 is 0. The maximum absolute atomic E-state index is 13.5. The number of rotatable bonds is 6. The van der Waals surface area contributed by atoms with E-state index in [9.17, 15) is 13.9 Å². The normalized spacial score (nSPS) is 18.2. The minimum atomic E-state index is -0.879. The highest BCUT2D eigenvalue weighted by molar-refractivity contribution is 5.85. The van der Waals surface area contributed by atoms with Crippen molar-refractivity contribution >= 4 is 12.4 Å². The molecule has 3 rings (SSSR count). The molecule has 160 valence electrons. The van der Waals surface area contributed by atoms with Gasteiger partial charge in [-0.2, -0.15) is 0 Å². The highest BCUT2D eigenvalue weighted by Crippen LogP contribution is 2.26. The zero-order chi connectivity index (χ0) is 20.3. The van der Waals surface area contributed by atoms with Crippen molar-refractivity contribution in [1.29, 1.82) is 0 Å². The quantitative estimate of drug-likeness (QED) is 0.752. The second kappa shape index (κ2) is 10.3. The molecule has 0 radical (unpaired) electrons. The molecule has 1 fully saturated rings. The summed E-state index contributed by atoms with van der Waals surface area (Å²) in [5.74, 6) is -0.938. The van der Waals surface area contributed by atoms with Crippen LogP contribution >= 0.6 is 12.4 Å². The van der Waals surface area contributed by atoms with Gasteiger partial charge in [0, 0.05) is 19.6 Å². The standard InChI is InChI=1S/C22H27F2NO3.ClH/c1-14-8-15(2)22(16(3)9-14)28-13-18(26)11-25-6-7-27-21(12-25)17-4-5-19(23)20(24)10-17;/h4-5,8-10,18,21,26H,6-7,11-13H2,1-3H3;1H. The summed E-state index contributed by atoms with van der Waals surface area (Å²) in [4.78, 5) is 2.05. The lowest BCUT2D eigenvalue weighted by molar-refractivity contribution is -0.0461. The molecule has 1 aliphatic rings. The van der Waals surface area contributed by atoms with Crippen LogP contribution < -0.4 is 4.74 Å². The van der Waals surface area contributed by atoms with Crippen molar-refractivity contribution in [2.75, 3.05) is 32.8 Å². The Bertz CT molecular complexity index is 811. The summed E-state index contributed by atoms with van der Waals surface area (Å²) in [6.45, 7) is 8.29. The van der Waals surface area contributed by atoms with E-state index in [1.54, 1.807) is 0 Å². The number of hydrogen-bond acceptors (Lipinski definition) is 4. The summed E-state index contributed by atoms with van der Waals surface area (Å²) in [6, 6.07) is 7.94. The van der Waals surface area contributed by atoms with Gasteiger partial charge in [-0.15, -0.1) is 12.4 Å². The smallest absolute Gasteiger partial charge is 0.159 e. The van der Waals surface area contributed by atoms with Gasteiger partial charge in [-0.1, -0.05) is 23.8 Å². The molecule has 7 heteroatoms. The lowest BCUT2D eigenvalue weighted by Crippen LogP contribution is -2.43. The van der Waals surface area contributed by atoms with E-state index in [0.717, 1.165) is 22.9 Å². The number of aryl methyl sites for hydroxylation is 3. The summed E-state index contributed by atoms with van der Waals surface area (Å²) in [5, 5.41) is 10.4. The Balaban J connectivity index is 0.00000300. The average molecular weight is 428 g/mol. The second-order valence-electron chi connectivity index (χ2n) is 7.49. The number of aliphatic hydroxyl groups excluding tert-OH is 1. The molecule has 1 saturated heterocycles. The Morgan fingerprint density at radius 3 is 2.48 bits per heavy atom. The lowest BCUT2D eigenvalue weighted by Gasteiger charge is -2.34. The van der Waals surface area contributed by atoms with E-state index in [1.807, 2.05) is 20.8 Å². The summed E-state index contributed by atoms with van der Waals surface area (Å²) < 4.78 is 38.2. The van der Waals surface area contributed by atoms with E-state index in [2.05, 4.69) is 17.0 Å². The van der Waals surface area contributed by atoms with E-state index in [-0.39, 0.29) is 25.1 Å². The molecule has 1 aliphatic heterocycles. The van der Waals surface area contributed by atoms with Crippen LogP contribution in [0.1, 0.15) is 28.4 Å². The van der Waals surface area contributed by atoms with Crippen LogP contribution in [-0.2, 0) is 4.74 Å². The molecule has 2 aromatic carbocycles. The molecule has 2 unspecified atom stereocenters. The Kier molecular flexibility index (Phi) is 8.40. The van der Waals surface area contributed by atoms with Crippen molar-refractivity contribution in [3.8, 4) is 5.75 Å². The molecule has 2 atom stereocenters. The van der Waals surface area contributed by atoms with Gasteiger partial charge < -0.3 is 14.6 Å². The van der Waals surface area contributed by atoms with E-state index in [0.29, 0.717) is 31.8 Å². The van der Waals surface area contributed by atoms with E-state index in [4.69, 9.17) is 9.47 Å². The van der Waals surface area contributed by atoms with Crippen molar-refractivity contribution in [3.05, 3.63) is 64.2 Å². The lowest BCUT2D eigenvalue weighted by atomic mass is 10.1. The Morgan fingerprint density at radius 2 is 1.83 bits per heavy atom. The highest BCUT2D eigenvalue weighted by Gasteiger charge is 2.24. The summed E-state index contributed by atoms with van der Waals surface area (Å²) in [5.41, 5.74) is 3.88. The molecule has 2 aromatic rings. The van der Waals surface area contributed by atoms with Gasteiger partial charge in [0.25, 0.3) is 0 Å². The molecular formula is C22H28ClF2NO3. The van der Waals surface area contributed by atoms with Crippen LogP contribution in [0.25, 0.3) is 0 Å². The molecule has 29 heavy (non-hydrogen) atoms. The van der Waals surface area contributed by atoms with Crippen molar-refractivity contribution in [2.24, 2.45) is 0 Å². The van der Waals surface area contributed by atoms with Gasteiger partial charge in [-0.05, 0) is 49.6 Å². The molecular weight excluding hydrogens is 400 g/mol. The Morgan fingerprint density at radius 1 is 1.14 bits per heavy atom. The van der Waals surface area contributed by atoms with Gasteiger partial charge >= 0.3 is 0 Å². The minimum absolute atomic E-state index is 0. The number of nitrogens with zero attached hydrogens (tertiary/aromatic N) is 1. The topological polar surface area (TPSA) is 41.9 Å². The molecule has 0 bridgehead atoms. The Hall–Kier alpha value is -1.73. The van der Waals surface area contributed by atoms with Crippen LogP contribution in [0, 0.1) is 32.4 Å². The third kappa shape index (κ3) is 6.12. The number of morpholine rings is 1. The van der Waals surface area contributed by atoms with Gasteiger partial charge in [0.05, 0.1) is 12.7 Å². The number of aliphatic hydroxyl groups is 1. The van der Waals surface area contributed by atoms with Crippen molar-refractivity contribution in [3.63, 3.8) is 0 Å². The fourth-order valence-corrected chi connectivity index (χ4v) is 3.71. The summed E-state index contributed by atoms with van der Waals surface area (Å²) in [6.07, 6.45) is -1.01. The van der Waals surface area contributed by atoms with E-state index in [1.165, 1.54) is 17.7 Å². The van der Waals surface area contributed by atoms with Crippen molar-refractivity contribution in [1.82, 2.24) is 4.90 Å². The largest absolute Gasteiger partial charge is 0.490 e. The summed E-state index contributed by atoms with van der Waals surface area (Å²) in [7, 11) is 0. The van der Waals surface area contributed by atoms with Crippen LogP contribution in [0.5, 0.6) is 5.75 Å². The van der Waals surface area contributed by atoms with Crippen molar-refractivity contribution in [2.45, 2.75) is 33.0 Å². The number of hydrogen-bond donors (Lipinski definition) is 1. The first-order chi connectivity index (χ1) is 13.3. The first kappa shape index (κ1) is 23.5. The number of benzene rings is 2. The predicted molar refractivity (Wildman–Crippen MR) is 111 cm³/mol. The minimum Gasteiger partial charge on any atom is -0.490 e. The average Bonchev–Trinajstić information content (AvgIpc) is 2.63. The Labute approximate surface area is 176 Å². The van der Waals surface area contributed by atoms with Crippen LogP contribution in [-0.4, -0.2) is 49.0 Å². The van der Waals surface area contributed by atoms with E-state index < -0.39 is 17.7 Å². The molecule has 0 spiro atoms. The molecule has 0 amide bonds. The molecule has 0 aliphatic carbocycles. The highest BCUT2D eigenvalue weighted by atomic mass is 35.5. The van der Waals surface area contributed by atoms with Crippen molar-refractivity contribution < 1.29 is 23.4 Å². The third-order valence-electron chi connectivity index (χ3n) is 4.96. The molecule has 0 saturated carbocycles. The fourth-order valence-electron chi connectivity index (χ4n) is 3.71. The van der Waals surface area contributed by atoms with Gasteiger partial charge in [0.15, 0.2) is 11.6 Å². The van der Waals surface area contributed by atoms with Gasteiger partial charge in [0.1, 0.15) is 18.5 Å². The maximum Gasteiger partial charge on any atom is 0.159 e. The zero-order valence-corrected chi connectivity index (χ0v) is 17.8. The first-order valence-electron chi connectivity index (χ1n) is 9.51. The molecule has 1 N–H and O–H groups in total. The van der Waals surface area contributed by atoms with Crippen LogP contribution in [0.4, 0.5) is 8.78 Å². The maximum atomic E-state index is 13.5. The van der Waals surface area contributed by atoms with Crippen LogP contribution in [0.3, 0.4) is 0 Å². The number of halogens is 3. The van der Waals surface area contributed by atoms with Crippen LogP contribution in [0.2, 0.25) is 0 Å². The predicted octanol–water partition coefficient (Wildman–Crippen LogP) is 4.13. The SMILES string of the molecule is Cc1cc(C)c(OCC(O)CN2CCOC(c3ccc(F)c(F)c3)C2)c(C)c1.Cl. The molecule has 1 heterocycles. The third-order valence-corrected chi connectivity index (χ3v) is 4.96. The molecule has 0 aromatic heterocycles. The monoisotopic (exact) mass is 427 g/mol. The first-order valence-corrected chi connectivity index (χ1v) is 9.51. The van der Waals surface area contributed by atoms with E-state index >= 15 is 0 Å². The van der Waals surface area contributed by atoms with Gasteiger partial charge in [-0.3, -0.25) is 4.90 Å². The second-order valence-corrected chi connectivity index (χ2v) is 7.49. The number of β-amino-alcohol motifs (C(OH)–C–C–N with tert-alkyl or cyclic N) is 1. The zero-order valence-electron chi connectivity index (χ0n) is 17.0. The van der Waals surface area contributed by atoms with Crippen LogP contribution in [0.15, 0.2) is 30.3 Å². The number of ether oxygens (including phenoxy) is 2.